The topological polar surface area (TPSA) is 69.7 Å². The second kappa shape index (κ2) is 4.47. The van der Waals surface area contributed by atoms with Crippen molar-refractivity contribution < 1.29 is 0 Å². The van der Waals surface area contributed by atoms with Crippen LogP contribution in [0.25, 0.3) is 0 Å². The normalized spacial score (nSPS) is 30.5. The second-order valence-corrected chi connectivity index (χ2v) is 4.70. The lowest BCUT2D eigenvalue weighted by Gasteiger charge is -2.32. The van der Waals surface area contributed by atoms with E-state index >= 15 is 0 Å². The Kier molecular flexibility index (Phi) is 2.84. The van der Waals surface area contributed by atoms with Crippen LogP contribution in [0.15, 0.2) is 0 Å². The van der Waals surface area contributed by atoms with Crippen molar-refractivity contribution in [2.75, 3.05) is 13.1 Å². The number of rotatable bonds is 3. The predicted molar refractivity (Wildman–Crippen MR) is 58.6 cm³/mol. The minimum atomic E-state index is 0.610. The van der Waals surface area contributed by atoms with Gasteiger partial charge in [0.1, 0.15) is 0 Å². The summed E-state index contributed by atoms with van der Waals surface area (Å²) in [5, 5.41) is 17.5. The fraction of sp³-hybridized carbons (Fsp3) is 0.900. The van der Waals surface area contributed by atoms with E-state index in [0.29, 0.717) is 6.04 Å². The number of hydrogen-bond donors (Lipinski definition) is 2. The average Bonchev–Trinajstić information content (AvgIpc) is 2.96. The summed E-state index contributed by atoms with van der Waals surface area (Å²) in [4.78, 5) is 2.62. The molecule has 0 radical (unpaired) electrons. The van der Waals surface area contributed by atoms with Crippen molar-refractivity contribution in [3.05, 3.63) is 5.82 Å². The van der Waals surface area contributed by atoms with Crippen molar-refractivity contribution in [1.82, 2.24) is 30.8 Å². The number of fused-ring (bicyclic) bond motifs is 1. The maximum absolute atomic E-state index is 3.96. The Morgan fingerprint density at radius 2 is 2.31 bits per heavy atom. The third-order valence-electron chi connectivity index (χ3n) is 3.77. The Hall–Kier alpha value is -1.01. The summed E-state index contributed by atoms with van der Waals surface area (Å²) in [5.74, 6) is 0.759. The molecule has 1 aromatic heterocycles. The van der Waals surface area contributed by atoms with Gasteiger partial charge in [-0.05, 0) is 25.8 Å². The fourth-order valence-electron chi connectivity index (χ4n) is 2.97. The summed E-state index contributed by atoms with van der Waals surface area (Å²) in [7, 11) is 0. The first-order valence-corrected chi connectivity index (χ1v) is 6.13. The molecule has 0 amide bonds. The average molecular weight is 222 g/mol. The molecule has 2 atom stereocenters. The second-order valence-electron chi connectivity index (χ2n) is 4.70. The summed E-state index contributed by atoms with van der Waals surface area (Å²) in [6.45, 7) is 3.26. The maximum Gasteiger partial charge on any atom is 0.188 e. The minimum Gasteiger partial charge on any atom is -0.305 e. The van der Waals surface area contributed by atoms with Crippen LogP contribution in [-0.2, 0) is 6.54 Å². The van der Waals surface area contributed by atoms with Crippen LogP contribution in [0.4, 0.5) is 0 Å². The first-order chi connectivity index (χ1) is 7.93. The largest absolute Gasteiger partial charge is 0.305 e. The molecule has 0 bridgehead atoms. The third kappa shape index (κ3) is 1.94. The molecule has 2 aliphatic heterocycles. The van der Waals surface area contributed by atoms with Crippen molar-refractivity contribution in [2.45, 2.75) is 44.3 Å². The van der Waals surface area contributed by atoms with E-state index in [4.69, 9.17) is 0 Å². The smallest absolute Gasteiger partial charge is 0.188 e. The molecule has 2 fully saturated rings. The Balaban J connectivity index is 1.55. The van der Waals surface area contributed by atoms with Crippen LogP contribution in [0.2, 0.25) is 0 Å². The van der Waals surface area contributed by atoms with E-state index in [1.807, 2.05) is 0 Å². The van der Waals surface area contributed by atoms with Crippen molar-refractivity contribution in [3.63, 3.8) is 0 Å². The van der Waals surface area contributed by atoms with E-state index in [1.165, 1.54) is 38.8 Å². The van der Waals surface area contributed by atoms with Gasteiger partial charge in [0.05, 0.1) is 6.54 Å². The van der Waals surface area contributed by atoms with E-state index < -0.39 is 0 Å². The number of hydrogen-bond acceptors (Lipinski definition) is 5. The lowest BCUT2D eigenvalue weighted by Crippen LogP contribution is -2.44. The van der Waals surface area contributed by atoms with Gasteiger partial charge in [0.15, 0.2) is 5.82 Å². The van der Waals surface area contributed by atoms with Crippen molar-refractivity contribution >= 4 is 0 Å². The van der Waals surface area contributed by atoms with Crippen LogP contribution in [0.3, 0.4) is 0 Å². The highest BCUT2D eigenvalue weighted by molar-refractivity contribution is 4.94. The Morgan fingerprint density at radius 3 is 3.19 bits per heavy atom. The molecule has 16 heavy (non-hydrogen) atoms. The van der Waals surface area contributed by atoms with Crippen LogP contribution in [-0.4, -0.2) is 50.7 Å². The van der Waals surface area contributed by atoms with Gasteiger partial charge in [-0.1, -0.05) is 11.6 Å². The van der Waals surface area contributed by atoms with E-state index in [1.54, 1.807) is 0 Å². The summed E-state index contributed by atoms with van der Waals surface area (Å²) >= 11 is 0. The number of H-pyrrole nitrogens is 1. The monoisotopic (exact) mass is 222 g/mol. The zero-order valence-corrected chi connectivity index (χ0v) is 9.39. The lowest BCUT2D eigenvalue weighted by molar-refractivity contribution is 0.180. The van der Waals surface area contributed by atoms with Gasteiger partial charge < -0.3 is 5.32 Å². The molecule has 3 rings (SSSR count). The number of tetrazole rings is 1. The van der Waals surface area contributed by atoms with Gasteiger partial charge in [-0.15, -0.1) is 10.2 Å². The van der Waals surface area contributed by atoms with Gasteiger partial charge in [0.2, 0.25) is 0 Å². The highest BCUT2D eigenvalue weighted by Crippen LogP contribution is 2.27. The molecule has 0 saturated carbocycles. The summed E-state index contributed by atoms with van der Waals surface area (Å²) in [6.07, 6.45) is 5.34. The lowest BCUT2D eigenvalue weighted by atomic mass is 9.99. The summed E-state index contributed by atoms with van der Waals surface area (Å²) in [5.41, 5.74) is 0. The third-order valence-corrected chi connectivity index (χ3v) is 3.77. The zero-order chi connectivity index (χ0) is 10.8. The molecule has 6 nitrogen and oxygen atoms in total. The number of aromatic nitrogens is 4. The fourth-order valence-corrected chi connectivity index (χ4v) is 2.97. The number of nitrogens with one attached hydrogen (secondary N) is 2. The van der Waals surface area contributed by atoms with E-state index in [0.717, 1.165) is 18.4 Å². The molecule has 0 aliphatic carbocycles. The quantitative estimate of drug-likeness (QED) is 0.748. The molecule has 2 N–H and O–H groups in total. The molecule has 2 aliphatic rings. The van der Waals surface area contributed by atoms with Crippen LogP contribution in [0, 0.1) is 0 Å². The summed E-state index contributed by atoms with van der Waals surface area (Å²) in [6, 6.07) is 1.35. The first kappa shape index (κ1) is 10.2. The van der Waals surface area contributed by atoms with Crippen LogP contribution >= 0.6 is 0 Å². The van der Waals surface area contributed by atoms with Gasteiger partial charge in [-0.25, -0.2) is 0 Å². The summed E-state index contributed by atoms with van der Waals surface area (Å²) < 4.78 is 0. The van der Waals surface area contributed by atoms with E-state index in [9.17, 15) is 0 Å². The number of piperidine rings is 1. The molecule has 0 spiro atoms. The molecular weight excluding hydrogens is 204 g/mol. The van der Waals surface area contributed by atoms with E-state index in [-0.39, 0.29) is 0 Å². The maximum atomic E-state index is 3.96. The highest BCUT2D eigenvalue weighted by atomic mass is 15.5. The number of aromatic amines is 1. The van der Waals surface area contributed by atoms with Crippen LogP contribution in [0.1, 0.15) is 31.5 Å². The molecule has 0 aromatic carbocycles. The van der Waals surface area contributed by atoms with Gasteiger partial charge in [-0.3, -0.25) is 4.90 Å². The van der Waals surface area contributed by atoms with Crippen LogP contribution < -0.4 is 5.32 Å². The van der Waals surface area contributed by atoms with Crippen molar-refractivity contribution in [2.24, 2.45) is 0 Å². The SMILES string of the molecule is C1CCN2CCC(NCc3nn[nH]n3)C2C1. The standard InChI is InChI=1S/C10H18N6/c1-2-5-16-6-4-8(9(16)3-1)11-7-10-12-14-15-13-10/h8-9,11H,1-7H2,(H,12,13,14,15). The molecule has 6 heteroatoms. The highest BCUT2D eigenvalue weighted by Gasteiger charge is 2.34. The first-order valence-electron chi connectivity index (χ1n) is 6.13. The molecule has 2 saturated heterocycles. The Morgan fingerprint density at radius 1 is 1.31 bits per heavy atom. The molecule has 3 heterocycles. The van der Waals surface area contributed by atoms with Gasteiger partial charge >= 0.3 is 0 Å². The zero-order valence-electron chi connectivity index (χ0n) is 9.39. The van der Waals surface area contributed by atoms with Crippen molar-refractivity contribution in [3.8, 4) is 0 Å². The molecular formula is C10H18N6. The van der Waals surface area contributed by atoms with Crippen molar-refractivity contribution in [1.29, 1.82) is 0 Å². The number of nitrogens with zero attached hydrogens (tertiary/aromatic N) is 4. The predicted octanol–water partition coefficient (Wildman–Crippen LogP) is -0.0839. The molecule has 2 unspecified atom stereocenters. The minimum absolute atomic E-state index is 0.610. The Bertz CT molecular complexity index is 324. The molecule has 1 aromatic rings. The van der Waals surface area contributed by atoms with Gasteiger partial charge in [-0.2, -0.15) is 5.21 Å². The molecule has 88 valence electrons. The Labute approximate surface area is 94.8 Å². The van der Waals surface area contributed by atoms with E-state index in [2.05, 4.69) is 30.8 Å². The van der Waals surface area contributed by atoms with Gasteiger partial charge in [0, 0.05) is 18.6 Å². The van der Waals surface area contributed by atoms with Crippen LogP contribution in [0.5, 0.6) is 0 Å². The van der Waals surface area contributed by atoms with Gasteiger partial charge in [0.25, 0.3) is 0 Å².